The number of carbonyl (C=O) groups excluding carboxylic acids is 1. The molecule has 2 aliphatic rings. The van der Waals surface area contributed by atoms with Crippen molar-refractivity contribution in [2.24, 2.45) is 0 Å². The quantitative estimate of drug-likeness (QED) is 0.898. The van der Waals surface area contributed by atoms with Crippen LogP contribution in [-0.2, 0) is 10.2 Å². The van der Waals surface area contributed by atoms with E-state index < -0.39 is 0 Å². The molecule has 1 aliphatic carbocycles. The molecule has 1 saturated heterocycles. The van der Waals surface area contributed by atoms with Crippen LogP contribution in [0.25, 0.3) is 0 Å². The van der Waals surface area contributed by atoms with E-state index in [0.717, 1.165) is 32.5 Å². The SMILES string of the molecule is C[C@@H]1CNCCN1C(=O)C1(c2ccccc2)CC1.Cl. The van der Waals surface area contributed by atoms with Crippen molar-refractivity contribution in [2.45, 2.75) is 31.2 Å². The van der Waals surface area contributed by atoms with Gasteiger partial charge < -0.3 is 10.2 Å². The lowest BCUT2D eigenvalue weighted by molar-refractivity contribution is -0.136. The third-order valence-corrected chi connectivity index (χ3v) is 4.25. The molecule has 2 fully saturated rings. The molecule has 1 amide bonds. The normalized spacial score (nSPS) is 24.5. The highest BCUT2D eigenvalue weighted by Crippen LogP contribution is 2.49. The first-order chi connectivity index (χ1) is 8.74. The number of piperazine rings is 1. The molecule has 1 atom stereocenters. The Kier molecular flexibility index (Phi) is 4.16. The summed E-state index contributed by atoms with van der Waals surface area (Å²) in [4.78, 5) is 14.9. The lowest BCUT2D eigenvalue weighted by Crippen LogP contribution is -2.54. The van der Waals surface area contributed by atoms with E-state index in [1.165, 1.54) is 5.56 Å². The van der Waals surface area contributed by atoms with Crippen molar-refractivity contribution in [1.29, 1.82) is 0 Å². The van der Waals surface area contributed by atoms with Crippen LogP contribution in [0.4, 0.5) is 0 Å². The molecule has 4 heteroatoms. The lowest BCUT2D eigenvalue weighted by Gasteiger charge is -2.36. The number of halogens is 1. The van der Waals surface area contributed by atoms with Crippen molar-refractivity contribution in [3.05, 3.63) is 35.9 Å². The molecule has 0 aromatic heterocycles. The maximum atomic E-state index is 12.8. The highest BCUT2D eigenvalue weighted by atomic mass is 35.5. The van der Waals surface area contributed by atoms with Gasteiger partial charge in [0.1, 0.15) is 0 Å². The van der Waals surface area contributed by atoms with Gasteiger partial charge in [0.2, 0.25) is 5.91 Å². The third kappa shape index (κ3) is 2.49. The van der Waals surface area contributed by atoms with E-state index in [0.29, 0.717) is 11.9 Å². The van der Waals surface area contributed by atoms with Gasteiger partial charge in [-0.05, 0) is 25.3 Å². The van der Waals surface area contributed by atoms with E-state index in [1.807, 2.05) is 18.2 Å². The van der Waals surface area contributed by atoms with Gasteiger partial charge in [-0.1, -0.05) is 30.3 Å². The van der Waals surface area contributed by atoms with E-state index in [4.69, 9.17) is 0 Å². The summed E-state index contributed by atoms with van der Waals surface area (Å²) in [6.07, 6.45) is 2.01. The number of hydrogen-bond donors (Lipinski definition) is 1. The van der Waals surface area contributed by atoms with Gasteiger partial charge in [0.25, 0.3) is 0 Å². The summed E-state index contributed by atoms with van der Waals surface area (Å²) in [5, 5.41) is 3.34. The molecule has 19 heavy (non-hydrogen) atoms. The Bertz CT molecular complexity index is 445. The van der Waals surface area contributed by atoms with E-state index in [9.17, 15) is 4.79 Å². The number of hydrogen-bond acceptors (Lipinski definition) is 2. The fraction of sp³-hybridized carbons (Fsp3) is 0.533. The van der Waals surface area contributed by atoms with Crippen molar-refractivity contribution < 1.29 is 4.79 Å². The van der Waals surface area contributed by atoms with Crippen molar-refractivity contribution in [2.75, 3.05) is 19.6 Å². The predicted octanol–water partition coefficient (Wildman–Crippen LogP) is 1.96. The Hall–Kier alpha value is -1.06. The lowest BCUT2D eigenvalue weighted by atomic mass is 9.93. The standard InChI is InChI=1S/C15H20N2O.ClH/c1-12-11-16-9-10-17(12)14(18)15(7-8-15)13-5-3-2-4-6-13;/h2-6,12,16H,7-11H2,1H3;1H/t12-;/m1./s1. The summed E-state index contributed by atoms with van der Waals surface area (Å²) < 4.78 is 0. The molecule has 0 radical (unpaired) electrons. The minimum Gasteiger partial charge on any atom is -0.337 e. The molecule has 1 N–H and O–H groups in total. The Morgan fingerprint density at radius 1 is 1.32 bits per heavy atom. The molecule has 3 nitrogen and oxygen atoms in total. The summed E-state index contributed by atoms with van der Waals surface area (Å²) in [7, 11) is 0. The number of rotatable bonds is 2. The Balaban J connectivity index is 0.00000133. The monoisotopic (exact) mass is 280 g/mol. The fourth-order valence-corrected chi connectivity index (χ4v) is 2.93. The molecule has 1 aromatic carbocycles. The van der Waals surface area contributed by atoms with Crippen LogP contribution in [0.3, 0.4) is 0 Å². The number of amides is 1. The molecule has 0 bridgehead atoms. The van der Waals surface area contributed by atoms with Gasteiger partial charge in [-0.3, -0.25) is 4.79 Å². The number of nitrogens with one attached hydrogen (secondary N) is 1. The molecule has 104 valence electrons. The number of nitrogens with zero attached hydrogens (tertiary/aromatic N) is 1. The zero-order valence-electron chi connectivity index (χ0n) is 11.3. The van der Waals surface area contributed by atoms with Gasteiger partial charge in [-0.15, -0.1) is 12.4 Å². The van der Waals surface area contributed by atoms with E-state index in [2.05, 4.69) is 29.3 Å². The van der Waals surface area contributed by atoms with Gasteiger partial charge in [-0.2, -0.15) is 0 Å². The first kappa shape index (κ1) is 14.4. The molecule has 1 saturated carbocycles. The molecular weight excluding hydrogens is 260 g/mol. The molecule has 1 aliphatic heterocycles. The van der Waals surface area contributed by atoms with Crippen molar-refractivity contribution in [1.82, 2.24) is 10.2 Å². The minimum absolute atomic E-state index is 0. The Morgan fingerprint density at radius 3 is 2.58 bits per heavy atom. The summed E-state index contributed by atoms with van der Waals surface area (Å²) in [5.74, 6) is 0.336. The van der Waals surface area contributed by atoms with Crippen molar-refractivity contribution >= 4 is 18.3 Å². The van der Waals surface area contributed by atoms with Gasteiger partial charge in [-0.25, -0.2) is 0 Å². The number of benzene rings is 1. The minimum atomic E-state index is -0.202. The van der Waals surface area contributed by atoms with Crippen LogP contribution in [-0.4, -0.2) is 36.5 Å². The average Bonchev–Trinajstić information content (AvgIpc) is 3.21. The maximum absolute atomic E-state index is 12.8. The first-order valence-electron chi connectivity index (χ1n) is 6.81. The molecule has 3 rings (SSSR count). The number of carbonyl (C=O) groups is 1. The van der Waals surface area contributed by atoms with Gasteiger partial charge in [0.05, 0.1) is 5.41 Å². The van der Waals surface area contributed by atoms with Gasteiger partial charge in [0, 0.05) is 25.7 Å². The van der Waals surface area contributed by atoms with Crippen LogP contribution in [0, 0.1) is 0 Å². The van der Waals surface area contributed by atoms with Crippen LogP contribution in [0.5, 0.6) is 0 Å². The van der Waals surface area contributed by atoms with Crippen molar-refractivity contribution in [3.63, 3.8) is 0 Å². The second kappa shape index (κ2) is 5.51. The largest absolute Gasteiger partial charge is 0.337 e. The van der Waals surface area contributed by atoms with E-state index in [-0.39, 0.29) is 17.8 Å². The maximum Gasteiger partial charge on any atom is 0.233 e. The Morgan fingerprint density at radius 2 is 2.00 bits per heavy atom. The van der Waals surface area contributed by atoms with E-state index >= 15 is 0 Å². The van der Waals surface area contributed by atoms with Crippen LogP contribution in [0.15, 0.2) is 30.3 Å². The van der Waals surface area contributed by atoms with Gasteiger partial charge in [0.15, 0.2) is 0 Å². The fourth-order valence-electron chi connectivity index (χ4n) is 2.93. The zero-order valence-corrected chi connectivity index (χ0v) is 12.1. The molecule has 1 aromatic rings. The smallest absolute Gasteiger partial charge is 0.233 e. The first-order valence-corrected chi connectivity index (χ1v) is 6.81. The van der Waals surface area contributed by atoms with Crippen LogP contribution in [0.1, 0.15) is 25.3 Å². The van der Waals surface area contributed by atoms with Crippen molar-refractivity contribution in [3.8, 4) is 0 Å². The summed E-state index contributed by atoms with van der Waals surface area (Å²) in [6.45, 7) is 4.80. The zero-order chi connectivity index (χ0) is 12.6. The molecular formula is C15H21ClN2O. The summed E-state index contributed by atoms with van der Waals surface area (Å²) in [5.41, 5.74) is 0.994. The van der Waals surface area contributed by atoms with E-state index in [1.54, 1.807) is 0 Å². The summed E-state index contributed by atoms with van der Waals surface area (Å²) >= 11 is 0. The average molecular weight is 281 g/mol. The molecule has 0 unspecified atom stereocenters. The third-order valence-electron chi connectivity index (χ3n) is 4.25. The summed E-state index contributed by atoms with van der Waals surface area (Å²) in [6, 6.07) is 10.6. The topological polar surface area (TPSA) is 32.3 Å². The van der Waals surface area contributed by atoms with Crippen LogP contribution in [0.2, 0.25) is 0 Å². The molecule has 0 spiro atoms. The highest BCUT2D eigenvalue weighted by Gasteiger charge is 2.53. The van der Waals surface area contributed by atoms with Crippen LogP contribution < -0.4 is 5.32 Å². The predicted molar refractivity (Wildman–Crippen MR) is 78.6 cm³/mol. The molecule has 1 heterocycles. The second-order valence-corrected chi connectivity index (χ2v) is 5.50. The highest BCUT2D eigenvalue weighted by molar-refractivity contribution is 5.91. The van der Waals surface area contributed by atoms with Crippen LogP contribution >= 0.6 is 12.4 Å². The Labute approximate surface area is 120 Å². The second-order valence-electron chi connectivity index (χ2n) is 5.50. The van der Waals surface area contributed by atoms with Gasteiger partial charge >= 0.3 is 0 Å².